The van der Waals surface area contributed by atoms with Crippen molar-refractivity contribution in [1.82, 2.24) is 0 Å². The Balaban J connectivity index is 2.66. The van der Waals surface area contributed by atoms with Crippen molar-refractivity contribution in [3.05, 3.63) is 0 Å². The second-order valence-corrected chi connectivity index (χ2v) is 11.5. The third-order valence-electron chi connectivity index (χ3n) is 4.16. The summed E-state index contributed by atoms with van der Waals surface area (Å²) in [6.07, 6.45) is -3.66. The Morgan fingerprint density at radius 3 is 2.16 bits per heavy atom. The van der Waals surface area contributed by atoms with E-state index in [9.17, 15) is 15.3 Å². The first-order valence-electron chi connectivity index (χ1n) is 6.46. The van der Waals surface area contributed by atoms with Crippen LogP contribution >= 0.6 is 0 Å². The molecule has 1 aliphatic rings. The second-order valence-electron chi connectivity index (χ2n) is 6.67. The highest BCUT2D eigenvalue weighted by Crippen LogP contribution is 2.37. The highest BCUT2D eigenvalue weighted by Gasteiger charge is 2.53. The highest BCUT2D eigenvalue weighted by molar-refractivity contribution is 6.74. The average molecular weight is 294 g/mol. The summed E-state index contributed by atoms with van der Waals surface area (Å²) in [5.74, 6) is -2.11. The van der Waals surface area contributed by atoms with Gasteiger partial charge in [0.1, 0.15) is 18.3 Å². The summed E-state index contributed by atoms with van der Waals surface area (Å²) in [7, 11) is -2.00. The molecule has 4 atom stereocenters. The molecule has 1 saturated heterocycles. The zero-order valence-electron chi connectivity index (χ0n) is 12.3. The molecule has 0 radical (unpaired) electrons. The Hall–Kier alpha value is -0.0231. The molecule has 1 rings (SSSR count). The van der Waals surface area contributed by atoms with Crippen LogP contribution in [0.2, 0.25) is 18.1 Å². The van der Waals surface area contributed by atoms with E-state index in [4.69, 9.17) is 14.3 Å². The minimum absolute atomic E-state index is 0.0163. The van der Waals surface area contributed by atoms with E-state index in [2.05, 4.69) is 33.9 Å². The van der Waals surface area contributed by atoms with Gasteiger partial charge in [-0.25, -0.2) is 0 Å². The normalized spacial score (nSPS) is 36.8. The van der Waals surface area contributed by atoms with Crippen molar-refractivity contribution < 1.29 is 29.6 Å². The molecule has 1 aliphatic heterocycles. The van der Waals surface area contributed by atoms with Gasteiger partial charge >= 0.3 is 0 Å². The van der Waals surface area contributed by atoms with E-state index in [0.717, 1.165) is 0 Å². The molecule has 0 aliphatic carbocycles. The predicted molar refractivity (Wildman–Crippen MR) is 72.1 cm³/mol. The van der Waals surface area contributed by atoms with E-state index < -0.39 is 39.0 Å². The van der Waals surface area contributed by atoms with Gasteiger partial charge in [-0.05, 0) is 18.1 Å². The fourth-order valence-electron chi connectivity index (χ4n) is 1.64. The monoisotopic (exact) mass is 294 g/mol. The number of hydrogen-bond acceptors (Lipinski definition) is 6. The number of rotatable bonds is 4. The average Bonchev–Trinajstić information content (AvgIpc) is 2.51. The zero-order valence-corrected chi connectivity index (χ0v) is 13.3. The van der Waals surface area contributed by atoms with E-state index >= 15 is 0 Å². The maximum atomic E-state index is 9.81. The summed E-state index contributed by atoms with van der Waals surface area (Å²) in [4.78, 5) is 0. The topological polar surface area (TPSA) is 99.4 Å². The summed E-state index contributed by atoms with van der Waals surface area (Å²) < 4.78 is 11.0. The maximum absolute atomic E-state index is 9.81. The molecule has 0 saturated carbocycles. The maximum Gasteiger partial charge on any atom is 0.219 e. The predicted octanol–water partition coefficient (Wildman–Crippen LogP) is -0.190. The van der Waals surface area contributed by atoms with Gasteiger partial charge in [-0.15, -0.1) is 0 Å². The third-order valence-corrected chi connectivity index (χ3v) is 8.66. The molecule has 7 heteroatoms. The molecule has 1 fully saturated rings. The molecule has 0 amide bonds. The van der Waals surface area contributed by atoms with Crippen molar-refractivity contribution in [3.8, 4) is 0 Å². The Kier molecular flexibility index (Phi) is 4.84. The smallest absolute Gasteiger partial charge is 0.219 e. The molecule has 0 aromatic heterocycles. The van der Waals surface area contributed by atoms with Gasteiger partial charge in [-0.3, -0.25) is 0 Å². The van der Waals surface area contributed by atoms with Crippen molar-refractivity contribution in [1.29, 1.82) is 0 Å². The van der Waals surface area contributed by atoms with Gasteiger partial charge < -0.3 is 29.6 Å². The van der Waals surface area contributed by atoms with Crippen LogP contribution in [-0.4, -0.2) is 66.1 Å². The molecule has 1 unspecified atom stereocenters. The Bertz CT molecular complexity index is 316. The van der Waals surface area contributed by atoms with Gasteiger partial charge in [0.2, 0.25) is 5.79 Å². The van der Waals surface area contributed by atoms with Crippen molar-refractivity contribution in [2.24, 2.45) is 0 Å². The summed E-state index contributed by atoms with van der Waals surface area (Å²) in [6.45, 7) is 9.68. The van der Waals surface area contributed by atoms with Gasteiger partial charge in [0.05, 0.1) is 13.2 Å². The molecule has 114 valence electrons. The lowest BCUT2D eigenvalue weighted by Gasteiger charge is -2.37. The minimum Gasteiger partial charge on any atom is -0.414 e. The van der Waals surface area contributed by atoms with Gasteiger partial charge in [-0.2, -0.15) is 0 Å². The van der Waals surface area contributed by atoms with Gasteiger partial charge in [0.25, 0.3) is 0 Å². The van der Waals surface area contributed by atoms with Crippen molar-refractivity contribution >= 4 is 8.32 Å². The fourth-order valence-corrected chi connectivity index (χ4v) is 2.66. The summed E-state index contributed by atoms with van der Waals surface area (Å²) in [6, 6.07) is 0. The third kappa shape index (κ3) is 3.36. The molecule has 0 bridgehead atoms. The molecule has 4 N–H and O–H groups in total. The number of hydrogen-bond donors (Lipinski definition) is 4. The summed E-state index contributed by atoms with van der Waals surface area (Å²) >= 11 is 0. The molecule has 0 spiro atoms. The molecule has 0 aromatic carbocycles. The largest absolute Gasteiger partial charge is 0.414 e. The molecular weight excluding hydrogens is 268 g/mol. The van der Waals surface area contributed by atoms with E-state index in [1.54, 1.807) is 0 Å². The SMILES string of the molecule is CC(C)(C)[Si](C)(C)OC[C@H]1OC(O)(CO)[C@@H](O)[C@@H]1O. The summed E-state index contributed by atoms with van der Waals surface area (Å²) in [5.41, 5.74) is 0. The lowest BCUT2D eigenvalue weighted by molar-refractivity contribution is -0.247. The zero-order chi connectivity index (χ0) is 15.1. The van der Waals surface area contributed by atoms with Crippen LogP contribution in [0.3, 0.4) is 0 Å². The highest BCUT2D eigenvalue weighted by atomic mass is 28.4. The van der Waals surface area contributed by atoms with Crippen molar-refractivity contribution in [2.75, 3.05) is 13.2 Å². The van der Waals surface area contributed by atoms with Crippen LogP contribution in [0, 0.1) is 0 Å². The van der Waals surface area contributed by atoms with E-state index in [1.807, 2.05) is 0 Å². The standard InChI is InChI=1S/C12H26O6Si/c1-11(2,3)19(4,5)17-6-8-9(14)10(15)12(16,7-13)18-8/h8-10,13-16H,6-7H2,1-5H3/t8-,9-,10+,12?/m1/s1. The first-order valence-corrected chi connectivity index (χ1v) is 9.36. The molecule has 1 heterocycles. The quantitative estimate of drug-likeness (QED) is 0.536. The number of aliphatic hydroxyl groups excluding tert-OH is 3. The number of aliphatic hydroxyl groups is 4. The second kappa shape index (κ2) is 5.40. The molecule has 0 aromatic rings. The van der Waals surface area contributed by atoms with Crippen molar-refractivity contribution in [3.63, 3.8) is 0 Å². The summed E-state index contributed by atoms with van der Waals surface area (Å²) in [5, 5.41) is 38.3. The Labute approximate surface area is 115 Å². The fraction of sp³-hybridized carbons (Fsp3) is 1.00. The van der Waals surface area contributed by atoms with Crippen LogP contribution in [0.25, 0.3) is 0 Å². The van der Waals surface area contributed by atoms with Crippen LogP contribution in [0.4, 0.5) is 0 Å². The van der Waals surface area contributed by atoms with Gasteiger partial charge in [-0.1, -0.05) is 20.8 Å². The van der Waals surface area contributed by atoms with Gasteiger partial charge in [0, 0.05) is 0 Å². The van der Waals surface area contributed by atoms with Crippen LogP contribution in [0.5, 0.6) is 0 Å². The van der Waals surface area contributed by atoms with Crippen molar-refractivity contribution in [2.45, 2.75) is 63.0 Å². The Morgan fingerprint density at radius 2 is 1.79 bits per heavy atom. The van der Waals surface area contributed by atoms with Crippen LogP contribution in [0.15, 0.2) is 0 Å². The molecule has 19 heavy (non-hydrogen) atoms. The van der Waals surface area contributed by atoms with E-state index in [-0.39, 0.29) is 11.6 Å². The molecule has 6 nitrogen and oxygen atoms in total. The lowest BCUT2D eigenvalue weighted by Crippen LogP contribution is -2.46. The van der Waals surface area contributed by atoms with Crippen LogP contribution < -0.4 is 0 Å². The Morgan fingerprint density at radius 1 is 1.26 bits per heavy atom. The van der Waals surface area contributed by atoms with E-state index in [1.165, 1.54) is 0 Å². The lowest BCUT2D eigenvalue weighted by atomic mass is 10.1. The van der Waals surface area contributed by atoms with Crippen LogP contribution in [-0.2, 0) is 9.16 Å². The van der Waals surface area contributed by atoms with Crippen LogP contribution in [0.1, 0.15) is 20.8 Å². The van der Waals surface area contributed by atoms with E-state index in [0.29, 0.717) is 0 Å². The number of ether oxygens (including phenoxy) is 1. The minimum atomic E-state index is -2.11. The first-order chi connectivity index (χ1) is 8.44. The molecular formula is C12H26O6Si. The van der Waals surface area contributed by atoms with Gasteiger partial charge in [0.15, 0.2) is 8.32 Å². The first kappa shape index (κ1) is 17.0.